The van der Waals surface area contributed by atoms with Crippen molar-refractivity contribution in [2.24, 2.45) is 0 Å². The second kappa shape index (κ2) is 10.2. The van der Waals surface area contributed by atoms with Gasteiger partial charge in [0.1, 0.15) is 0 Å². The predicted octanol–water partition coefficient (Wildman–Crippen LogP) is 4.53. The summed E-state index contributed by atoms with van der Waals surface area (Å²) in [4.78, 5) is 25.1. The fourth-order valence-corrected chi connectivity index (χ4v) is 4.49. The van der Waals surface area contributed by atoms with E-state index in [4.69, 9.17) is 9.47 Å². The summed E-state index contributed by atoms with van der Waals surface area (Å²) in [5, 5.41) is 4.58. The van der Waals surface area contributed by atoms with Gasteiger partial charge in [-0.15, -0.1) is 0 Å². The van der Waals surface area contributed by atoms with Gasteiger partial charge < -0.3 is 14.0 Å². The molecular formula is C27H31N3O4. The summed E-state index contributed by atoms with van der Waals surface area (Å²) >= 11 is 0. The van der Waals surface area contributed by atoms with E-state index in [2.05, 4.69) is 9.67 Å². The van der Waals surface area contributed by atoms with Crippen molar-refractivity contribution in [2.75, 3.05) is 13.2 Å². The lowest BCUT2D eigenvalue weighted by atomic mass is 10.1. The molecule has 1 aliphatic rings. The van der Waals surface area contributed by atoms with Gasteiger partial charge in [0, 0.05) is 47.4 Å². The molecular weight excluding hydrogens is 430 g/mol. The highest BCUT2D eigenvalue weighted by Gasteiger charge is 2.21. The minimum Gasteiger partial charge on any atom is -0.454 e. The van der Waals surface area contributed by atoms with Crippen LogP contribution < -0.4 is 0 Å². The molecule has 0 saturated carbocycles. The maximum Gasteiger partial charge on any atom is 0.331 e. The Hall–Kier alpha value is -3.45. The summed E-state index contributed by atoms with van der Waals surface area (Å²) in [6, 6.07) is 11.7. The number of carbonyl (C=O) groups excluding carboxylic acids is 2. The molecule has 1 atom stereocenters. The molecule has 1 unspecified atom stereocenters. The second-order valence-electron chi connectivity index (χ2n) is 8.73. The SMILES string of the molecule is Cc1nn(-c2ccccc2)c(C)c1/C=C/C(=O)OCC(=O)c1cc(C)n(CC2CCCO2)c1C. The minimum atomic E-state index is -0.562. The van der Waals surface area contributed by atoms with Crippen molar-refractivity contribution in [2.45, 2.75) is 53.2 Å². The summed E-state index contributed by atoms with van der Waals surface area (Å²) < 4.78 is 14.9. The molecule has 1 aromatic carbocycles. The van der Waals surface area contributed by atoms with Crippen molar-refractivity contribution >= 4 is 17.8 Å². The Labute approximate surface area is 200 Å². The van der Waals surface area contributed by atoms with Crippen molar-refractivity contribution in [3.8, 4) is 5.69 Å². The van der Waals surface area contributed by atoms with Crippen molar-refractivity contribution < 1.29 is 19.1 Å². The normalized spacial score (nSPS) is 15.8. The molecule has 7 heteroatoms. The Morgan fingerprint density at radius 3 is 2.62 bits per heavy atom. The third kappa shape index (κ3) is 5.04. The van der Waals surface area contributed by atoms with Crippen LogP contribution in [0.4, 0.5) is 0 Å². The lowest BCUT2D eigenvalue weighted by molar-refractivity contribution is -0.136. The quantitative estimate of drug-likeness (QED) is 0.280. The van der Waals surface area contributed by atoms with Crippen molar-refractivity contribution in [3.63, 3.8) is 0 Å². The first-order chi connectivity index (χ1) is 16.3. The summed E-state index contributed by atoms with van der Waals surface area (Å²) in [6.45, 7) is 8.99. The van der Waals surface area contributed by atoms with Gasteiger partial charge in [-0.25, -0.2) is 9.48 Å². The molecule has 2 aromatic heterocycles. The molecule has 0 aliphatic carbocycles. The van der Waals surface area contributed by atoms with Gasteiger partial charge in [0.25, 0.3) is 0 Å². The van der Waals surface area contributed by atoms with Crippen molar-refractivity contribution in [3.05, 3.63) is 76.4 Å². The third-order valence-electron chi connectivity index (χ3n) is 6.36. The largest absolute Gasteiger partial charge is 0.454 e. The molecule has 178 valence electrons. The molecule has 1 fully saturated rings. The molecule has 7 nitrogen and oxygen atoms in total. The topological polar surface area (TPSA) is 75.4 Å². The van der Waals surface area contributed by atoms with E-state index in [1.165, 1.54) is 6.08 Å². The fourth-order valence-electron chi connectivity index (χ4n) is 4.49. The zero-order valence-electron chi connectivity index (χ0n) is 20.2. The first-order valence-corrected chi connectivity index (χ1v) is 11.6. The van der Waals surface area contributed by atoms with Crippen molar-refractivity contribution in [1.82, 2.24) is 14.3 Å². The first kappa shape index (κ1) is 23.7. The van der Waals surface area contributed by atoms with E-state index in [0.29, 0.717) is 5.56 Å². The molecule has 0 bridgehead atoms. The van der Waals surface area contributed by atoms with E-state index in [1.807, 2.05) is 68.8 Å². The zero-order chi connectivity index (χ0) is 24.2. The van der Waals surface area contributed by atoms with Gasteiger partial charge in [-0.3, -0.25) is 4.79 Å². The van der Waals surface area contributed by atoms with Gasteiger partial charge in [0.15, 0.2) is 6.61 Å². The standard InChI is InChI=1S/C27H31N3O4/c1-18-15-25(20(3)29(18)16-23-11-8-14-33-23)26(31)17-34-27(32)13-12-24-19(2)28-30(21(24)4)22-9-6-5-7-10-22/h5-7,9-10,12-13,15,23H,8,11,14,16-17H2,1-4H3/b13-12+. The number of ether oxygens (including phenoxy) is 2. The van der Waals surface area contributed by atoms with E-state index in [0.717, 1.165) is 60.0 Å². The van der Waals surface area contributed by atoms with Crippen LogP contribution in [-0.2, 0) is 20.8 Å². The van der Waals surface area contributed by atoms with Gasteiger partial charge in [-0.05, 0) is 64.8 Å². The average Bonchev–Trinajstić information content (AvgIpc) is 3.52. The maximum absolute atomic E-state index is 12.8. The number of ketones is 1. The lowest BCUT2D eigenvalue weighted by Gasteiger charge is -2.14. The summed E-state index contributed by atoms with van der Waals surface area (Å²) in [7, 11) is 0. The highest BCUT2D eigenvalue weighted by Crippen LogP contribution is 2.21. The van der Waals surface area contributed by atoms with Crippen molar-refractivity contribution in [1.29, 1.82) is 0 Å². The number of aromatic nitrogens is 3. The fraction of sp³-hybridized carbons (Fsp3) is 0.370. The molecule has 4 rings (SSSR count). The van der Waals surface area contributed by atoms with Crippen LogP contribution >= 0.6 is 0 Å². The molecule has 0 amide bonds. The highest BCUT2D eigenvalue weighted by atomic mass is 16.5. The molecule has 3 heterocycles. The van der Waals surface area contributed by atoms with E-state index in [1.54, 1.807) is 6.08 Å². The van der Waals surface area contributed by atoms with Crippen LogP contribution in [0.25, 0.3) is 11.8 Å². The van der Waals surface area contributed by atoms with Gasteiger partial charge in [-0.1, -0.05) is 18.2 Å². The van der Waals surface area contributed by atoms with Gasteiger partial charge in [0.2, 0.25) is 5.78 Å². The monoisotopic (exact) mass is 461 g/mol. The Morgan fingerprint density at radius 2 is 1.91 bits per heavy atom. The van der Waals surface area contributed by atoms with E-state index in [-0.39, 0.29) is 18.5 Å². The molecule has 0 radical (unpaired) electrons. The van der Waals surface area contributed by atoms with Gasteiger partial charge >= 0.3 is 5.97 Å². The summed E-state index contributed by atoms with van der Waals surface area (Å²) in [6.07, 6.45) is 5.34. The van der Waals surface area contributed by atoms with Crippen LogP contribution in [0.5, 0.6) is 0 Å². The summed E-state index contributed by atoms with van der Waals surface area (Å²) in [5.74, 6) is -0.773. The van der Waals surface area contributed by atoms with Crippen LogP contribution in [0.1, 0.15) is 51.5 Å². The van der Waals surface area contributed by atoms with E-state index >= 15 is 0 Å². The smallest absolute Gasteiger partial charge is 0.331 e. The van der Waals surface area contributed by atoms with Crippen LogP contribution in [0.2, 0.25) is 0 Å². The Bertz CT molecular complexity index is 1210. The molecule has 3 aromatic rings. The number of nitrogens with zero attached hydrogens (tertiary/aromatic N) is 3. The lowest BCUT2D eigenvalue weighted by Crippen LogP contribution is -2.18. The van der Waals surface area contributed by atoms with Crippen LogP contribution in [0, 0.1) is 27.7 Å². The van der Waals surface area contributed by atoms with Gasteiger partial charge in [0.05, 0.1) is 17.5 Å². The Morgan fingerprint density at radius 1 is 1.15 bits per heavy atom. The molecule has 1 saturated heterocycles. The van der Waals surface area contributed by atoms with Crippen LogP contribution in [-0.4, -0.2) is 45.4 Å². The first-order valence-electron chi connectivity index (χ1n) is 11.6. The minimum absolute atomic E-state index is 0.189. The number of esters is 1. The zero-order valence-corrected chi connectivity index (χ0v) is 20.2. The van der Waals surface area contributed by atoms with Crippen LogP contribution in [0.3, 0.4) is 0 Å². The van der Waals surface area contributed by atoms with E-state index in [9.17, 15) is 9.59 Å². The molecule has 0 spiro atoms. The number of hydrogen-bond donors (Lipinski definition) is 0. The Balaban J connectivity index is 1.38. The third-order valence-corrected chi connectivity index (χ3v) is 6.36. The highest BCUT2D eigenvalue weighted by molar-refractivity contribution is 6.00. The van der Waals surface area contributed by atoms with Crippen LogP contribution in [0.15, 0.2) is 42.5 Å². The molecule has 34 heavy (non-hydrogen) atoms. The van der Waals surface area contributed by atoms with Gasteiger partial charge in [-0.2, -0.15) is 5.10 Å². The summed E-state index contributed by atoms with van der Waals surface area (Å²) in [5.41, 5.74) is 6.00. The maximum atomic E-state index is 12.8. The number of rotatable bonds is 8. The average molecular weight is 462 g/mol. The molecule has 0 N–H and O–H groups in total. The number of para-hydroxylation sites is 1. The number of Topliss-reactive ketones (excluding diaryl/α,β-unsaturated/α-hetero) is 1. The number of aryl methyl sites for hydroxylation is 2. The number of carbonyl (C=O) groups is 2. The Kier molecular flexibility index (Phi) is 7.12. The van der Waals surface area contributed by atoms with E-state index < -0.39 is 5.97 Å². The number of hydrogen-bond acceptors (Lipinski definition) is 5. The second-order valence-corrected chi connectivity index (χ2v) is 8.73. The molecule has 1 aliphatic heterocycles. The number of benzene rings is 1. The predicted molar refractivity (Wildman–Crippen MR) is 130 cm³/mol.